The molecule has 3 aromatic carbocycles. The van der Waals surface area contributed by atoms with Crippen LogP contribution in [-0.4, -0.2) is 50.3 Å². The lowest BCUT2D eigenvalue weighted by Gasteiger charge is -2.07. The molecule has 0 aliphatic rings. The molecule has 0 aromatic heterocycles. The Hall–Kier alpha value is -5.44. The number of ether oxygens (including phenoxy) is 5. The Balaban J connectivity index is 1.38. The first kappa shape index (κ1) is 34.1. The molecule has 45 heavy (non-hydrogen) atoms. The normalized spacial score (nSPS) is 10.5. The van der Waals surface area contributed by atoms with Crippen LogP contribution in [0.25, 0.3) is 17.2 Å². The summed E-state index contributed by atoms with van der Waals surface area (Å²) in [6, 6.07) is 21.3. The van der Waals surface area contributed by atoms with Crippen molar-refractivity contribution in [3.8, 4) is 22.6 Å². The Morgan fingerprint density at radius 1 is 0.556 bits per heavy atom. The zero-order valence-electron chi connectivity index (χ0n) is 25.0. The minimum atomic E-state index is -0.513. The standard InChI is InChI=1S/C36H36O9/c1-3-33(37)42-24-6-5-23-41-31-18-9-27(10-19-31)11-22-35(39)45-32-20-16-29(17-21-32)28-12-14-30(15-13-28)36(40)44-26-8-7-25-43-34(38)4-2/h3-4,9-22H,1-2,5-8,23-26H2. The van der Waals surface area contributed by atoms with Crippen LogP contribution in [0.1, 0.15) is 41.6 Å². The molecule has 0 aliphatic carbocycles. The number of carbonyl (C=O) groups is 4. The van der Waals surface area contributed by atoms with Crippen molar-refractivity contribution in [1.29, 1.82) is 0 Å². The van der Waals surface area contributed by atoms with Crippen molar-refractivity contribution in [2.45, 2.75) is 25.7 Å². The van der Waals surface area contributed by atoms with Crippen LogP contribution in [-0.2, 0) is 28.6 Å². The Kier molecular flexibility index (Phi) is 14.4. The quantitative estimate of drug-likeness (QED) is 0.0520. The molecule has 234 valence electrons. The number of hydrogen-bond donors (Lipinski definition) is 0. The summed E-state index contributed by atoms with van der Waals surface area (Å²) >= 11 is 0. The lowest BCUT2D eigenvalue weighted by atomic mass is 10.0. The van der Waals surface area contributed by atoms with Gasteiger partial charge in [-0.15, -0.1) is 0 Å². The minimum Gasteiger partial charge on any atom is -0.494 e. The van der Waals surface area contributed by atoms with E-state index in [4.69, 9.17) is 23.7 Å². The second kappa shape index (κ2) is 19.0. The highest BCUT2D eigenvalue weighted by Crippen LogP contribution is 2.23. The first-order valence-electron chi connectivity index (χ1n) is 14.5. The number of benzene rings is 3. The topological polar surface area (TPSA) is 114 Å². The first-order valence-corrected chi connectivity index (χ1v) is 14.5. The lowest BCUT2D eigenvalue weighted by molar-refractivity contribution is -0.138. The van der Waals surface area contributed by atoms with Gasteiger partial charge in [0.1, 0.15) is 11.5 Å². The van der Waals surface area contributed by atoms with Crippen LogP contribution in [0.15, 0.2) is 104 Å². The molecule has 9 nitrogen and oxygen atoms in total. The number of rotatable bonds is 18. The van der Waals surface area contributed by atoms with Crippen LogP contribution >= 0.6 is 0 Å². The largest absolute Gasteiger partial charge is 0.494 e. The van der Waals surface area contributed by atoms with E-state index >= 15 is 0 Å². The number of unbranched alkanes of at least 4 members (excludes halogenated alkanes) is 2. The van der Waals surface area contributed by atoms with Crippen molar-refractivity contribution in [2.24, 2.45) is 0 Å². The van der Waals surface area contributed by atoms with Crippen molar-refractivity contribution in [1.82, 2.24) is 0 Å². The maximum Gasteiger partial charge on any atom is 0.338 e. The average Bonchev–Trinajstić information content (AvgIpc) is 3.07. The van der Waals surface area contributed by atoms with Crippen LogP contribution in [0.5, 0.6) is 11.5 Å². The van der Waals surface area contributed by atoms with Crippen LogP contribution < -0.4 is 9.47 Å². The van der Waals surface area contributed by atoms with E-state index in [1.807, 2.05) is 48.5 Å². The van der Waals surface area contributed by atoms with Crippen molar-refractivity contribution in [3.63, 3.8) is 0 Å². The van der Waals surface area contributed by atoms with Gasteiger partial charge in [-0.2, -0.15) is 0 Å². The Morgan fingerprint density at radius 2 is 1.04 bits per heavy atom. The SMILES string of the molecule is C=CC(=O)OCCCCOC(=O)c1ccc(-c2ccc(OC(=O)C=Cc3ccc(OCCCCOC(=O)C=C)cc3)cc2)cc1. The fourth-order valence-electron chi connectivity index (χ4n) is 3.81. The third-order valence-corrected chi connectivity index (χ3v) is 6.22. The van der Waals surface area contributed by atoms with Gasteiger partial charge in [0.05, 0.1) is 32.0 Å². The molecule has 0 radical (unpaired) electrons. The second-order valence-electron chi connectivity index (χ2n) is 9.57. The highest BCUT2D eigenvalue weighted by Gasteiger charge is 2.08. The molecule has 0 fully saturated rings. The predicted molar refractivity (Wildman–Crippen MR) is 170 cm³/mol. The van der Waals surface area contributed by atoms with Gasteiger partial charge in [-0.1, -0.05) is 49.6 Å². The van der Waals surface area contributed by atoms with Crippen LogP contribution in [0.2, 0.25) is 0 Å². The van der Waals surface area contributed by atoms with Gasteiger partial charge in [-0.05, 0) is 84.8 Å². The van der Waals surface area contributed by atoms with Gasteiger partial charge in [0.2, 0.25) is 0 Å². The number of hydrogen-bond acceptors (Lipinski definition) is 9. The minimum absolute atomic E-state index is 0.225. The molecule has 0 saturated carbocycles. The van der Waals surface area contributed by atoms with Gasteiger partial charge in [-0.3, -0.25) is 0 Å². The molecule has 3 rings (SSSR count). The van der Waals surface area contributed by atoms with E-state index in [0.29, 0.717) is 49.5 Å². The van der Waals surface area contributed by atoms with E-state index < -0.39 is 23.9 Å². The average molecular weight is 613 g/mol. The predicted octanol–water partition coefficient (Wildman–Crippen LogP) is 6.53. The molecule has 0 atom stereocenters. The zero-order chi connectivity index (χ0) is 32.3. The maximum absolute atomic E-state index is 12.3. The van der Waals surface area contributed by atoms with Crippen LogP contribution in [0.4, 0.5) is 0 Å². The summed E-state index contributed by atoms with van der Waals surface area (Å²) in [7, 11) is 0. The van der Waals surface area contributed by atoms with Crippen molar-refractivity contribution >= 4 is 30.0 Å². The van der Waals surface area contributed by atoms with E-state index in [9.17, 15) is 19.2 Å². The van der Waals surface area contributed by atoms with E-state index in [1.165, 1.54) is 6.08 Å². The van der Waals surface area contributed by atoms with E-state index in [0.717, 1.165) is 35.3 Å². The molecule has 0 unspecified atom stereocenters. The van der Waals surface area contributed by atoms with Crippen LogP contribution in [0.3, 0.4) is 0 Å². The molecule has 0 amide bonds. The van der Waals surface area contributed by atoms with Gasteiger partial charge >= 0.3 is 23.9 Å². The van der Waals surface area contributed by atoms with Crippen LogP contribution in [0, 0.1) is 0 Å². The lowest BCUT2D eigenvalue weighted by Crippen LogP contribution is -2.08. The first-order chi connectivity index (χ1) is 21.9. The summed E-state index contributed by atoms with van der Waals surface area (Å²) in [5.74, 6) is -0.750. The molecule has 0 saturated heterocycles. The van der Waals surface area contributed by atoms with Gasteiger partial charge in [0, 0.05) is 18.2 Å². The summed E-state index contributed by atoms with van der Waals surface area (Å²) in [5, 5.41) is 0. The molecule has 0 N–H and O–H groups in total. The van der Waals surface area contributed by atoms with Crippen molar-refractivity contribution in [2.75, 3.05) is 26.4 Å². The maximum atomic E-state index is 12.3. The van der Waals surface area contributed by atoms with Gasteiger partial charge in [0.25, 0.3) is 0 Å². The molecule has 0 heterocycles. The Morgan fingerprint density at radius 3 is 1.60 bits per heavy atom. The molecule has 9 heteroatoms. The zero-order valence-corrected chi connectivity index (χ0v) is 25.0. The van der Waals surface area contributed by atoms with Crippen molar-refractivity contribution in [3.05, 3.63) is 115 Å². The molecule has 0 spiro atoms. The van der Waals surface area contributed by atoms with E-state index in [-0.39, 0.29) is 13.2 Å². The molecular formula is C36H36O9. The molecule has 0 bridgehead atoms. The van der Waals surface area contributed by atoms with E-state index in [2.05, 4.69) is 13.2 Å². The smallest absolute Gasteiger partial charge is 0.338 e. The molecule has 3 aromatic rings. The van der Waals surface area contributed by atoms with Crippen molar-refractivity contribution < 1.29 is 42.9 Å². The fraction of sp³-hybridized carbons (Fsp3) is 0.222. The summed E-state index contributed by atoms with van der Waals surface area (Å²) in [5.41, 5.74) is 3.01. The Bertz CT molecular complexity index is 1450. The number of carbonyl (C=O) groups excluding carboxylic acids is 4. The highest BCUT2D eigenvalue weighted by atomic mass is 16.5. The third kappa shape index (κ3) is 12.8. The summed E-state index contributed by atoms with van der Waals surface area (Å²) in [6.45, 7) is 7.97. The van der Waals surface area contributed by atoms with Gasteiger partial charge < -0.3 is 23.7 Å². The monoisotopic (exact) mass is 612 g/mol. The Labute approximate surface area is 262 Å². The second-order valence-corrected chi connectivity index (χ2v) is 9.57. The van der Waals surface area contributed by atoms with Gasteiger partial charge in [0.15, 0.2) is 0 Å². The summed E-state index contributed by atoms with van der Waals surface area (Å²) in [6.07, 6.45) is 7.83. The third-order valence-electron chi connectivity index (χ3n) is 6.22. The summed E-state index contributed by atoms with van der Waals surface area (Å²) < 4.78 is 26.2. The molecule has 0 aliphatic heterocycles. The molecular weight excluding hydrogens is 576 g/mol. The summed E-state index contributed by atoms with van der Waals surface area (Å²) in [4.78, 5) is 46.6. The fourth-order valence-corrected chi connectivity index (χ4v) is 3.81. The highest BCUT2D eigenvalue weighted by molar-refractivity contribution is 5.90. The van der Waals surface area contributed by atoms with Gasteiger partial charge in [-0.25, -0.2) is 19.2 Å². The van der Waals surface area contributed by atoms with E-state index in [1.54, 1.807) is 30.3 Å². The number of esters is 4.